The number of rotatable bonds is 3. The lowest BCUT2D eigenvalue weighted by atomic mass is 9.89. The van der Waals surface area contributed by atoms with Gasteiger partial charge in [0.05, 0.1) is 11.4 Å². The summed E-state index contributed by atoms with van der Waals surface area (Å²) in [5, 5.41) is 13.6. The smallest absolute Gasteiger partial charge is 0.223 e. The van der Waals surface area contributed by atoms with E-state index in [4.69, 9.17) is 0 Å². The topological polar surface area (TPSA) is 70.7 Å². The number of fused-ring (bicyclic) bond motifs is 1. The van der Waals surface area contributed by atoms with Crippen molar-refractivity contribution in [2.45, 2.75) is 25.8 Å². The number of halogens is 1. The van der Waals surface area contributed by atoms with Crippen LogP contribution in [0.3, 0.4) is 0 Å². The van der Waals surface area contributed by atoms with E-state index < -0.39 is 0 Å². The Labute approximate surface area is 115 Å². The van der Waals surface area contributed by atoms with E-state index in [2.05, 4.69) is 20.7 Å². The second kappa shape index (κ2) is 5.40. The van der Waals surface area contributed by atoms with E-state index in [0.29, 0.717) is 13.0 Å². The van der Waals surface area contributed by atoms with Crippen LogP contribution >= 0.6 is 0 Å². The Hall–Kier alpha value is -2.24. The van der Waals surface area contributed by atoms with E-state index in [1.165, 1.54) is 12.1 Å². The molecule has 20 heavy (non-hydrogen) atoms. The van der Waals surface area contributed by atoms with Gasteiger partial charge in [-0.2, -0.15) is 15.4 Å². The average molecular weight is 274 g/mol. The van der Waals surface area contributed by atoms with Crippen molar-refractivity contribution in [3.05, 3.63) is 47.0 Å². The summed E-state index contributed by atoms with van der Waals surface area (Å²) in [7, 11) is 0. The zero-order valence-electron chi connectivity index (χ0n) is 10.9. The molecule has 1 aromatic heterocycles. The quantitative estimate of drug-likeness (QED) is 0.888. The number of hydrogen-bond donors (Lipinski definition) is 2. The molecular weight excluding hydrogens is 259 g/mol. The molecule has 0 spiro atoms. The lowest BCUT2D eigenvalue weighted by Crippen LogP contribution is -2.33. The number of H-pyrrole nitrogens is 1. The standard InChI is InChI=1S/C14H15FN4O/c15-11-4-1-9(2-5-11)8-16-14(20)10-3-6-12-13(7-10)18-19-17-12/h1-2,4-5,10H,3,6-8H2,(H,16,20)(H,17,18,19). The first-order valence-electron chi connectivity index (χ1n) is 6.63. The Kier molecular flexibility index (Phi) is 3.45. The van der Waals surface area contributed by atoms with Gasteiger partial charge in [0.1, 0.15) is 5.82 Å². The number of aromatic amines is 1. The summed E-state index contributed by atoms with van der Waals surface area (Å²) < 4.78 is 12.8. The summed E-state index contributed by atoms with van der Waals surface area (Å²) in [4.78, 5) is 12.1. The van der Waals surface area contributed by atoms with Gasteiger partial charge in [0, 0.05) is 18.9 Å². The molecule has 2 aromatic rings. The number of carbonyl (C=O) groups excluding carboxylic acids is 1. The molecule has 1 unspecified atom stereocenters. The first-order chi connectivity index (χ1) is 9.72. The normalized spacial score (nSPS) is 17.6. The summed E-state index contributed by atoms with van der Waals surface area (Å²) in [6.45, 7) is 0.418. The molecule has 1 amide bonds. The van der Waals surface area contributed by atoms with E-state index >= 15 is 0 Å². The number of carbonyl (C=O) groups is 1. The Morgan fingerprint density at radius 2 is 2.05 bits per heavy atom. The fraction of sp³-hybridized carbons (Fsp3) is 0.357. The molecule has 0 radical (unpaired) electrons. The van der Waals surface area contributed by atoms with Gasteiger partial charge >= 0.3 is 0 Å². The molecule has 3 rings (SSSR count). The van der Waals surface area contributed by atoms with Gasteiger partial charge in [-0.15, -0.1) is 0 Å². The molecular formula is C14H15FN4O. The molecule has 0 bridgehead atoms. The van der Waals surface area contributed by atoms with Crippen LogP contribution in [0, 0.1) is 11.7 Å². The van der Waals surface area contributed by atoms with Crippen LogP contribution in [0.5, 0.6) is 0 Å². The Morgan fingerprint density at radius 3 is 2.85 bits per heavy atom. The first kappa shape index (κ1) is 12.8. The molecule has 104 valence electrons. The minimum Gasteiger partial charge on any atom is -0.352 e. The zero-order chi connectivity index (χ0) is 13.9. The molecule has 1 aromatic carbocycles. The van der Waals surface area contributed by atoms with Crippen molar-refractivity contribution in [3.63, 3.8) is 0 Å². The number of nitrogens with one attached hydrogen (secondary N) is 2. The van der Waals surface area contributed by atoms with Crippen LogP contribution in [0.4, 0.5) is 4.39 Å². The van der Waals surface area contributed by atoms with Crippen LogP contribution in [0.1, 0.15) is 23.4 Å². The van der Waals surface area contributed by atoms with Crippen LogP contribution in [0.25, 0.3) is 0 Å². The van der Waals surface area contributed by atoms with Gasteiger partial charge in [-0.3, -0.25) is 4.79 Å². The molecule has 0 saturated heterocycles. The van der Waals surface area contributed by atoms with Crippen molar-refractivity contribution in [2.24, 2.45) is 5.92 Å². The lowest BCUT2D eigenvalue weighted by Gasteiger charge is -2.19. The van der Waals surface area contributed by atoms with Gasteiger partial charge in [-0.1, -0.05) is 12.1 Å². The van der Waals surface area contributed by atoms with E-state index in [-0.39, 0.29) is 17.6 Å². The highest BCUT2D eigenvalue weighted by Crippen LogP contribution is 2.22. The Bertz CT molecular complexity index is 608. The molecule has 0 saturated carbocycles. The molecule has 1 atom stereocenters. The maximum Gasteiger partial charge on any atom is 0.223 e. The summed E-state index contributed by atoms with van der Waals surface area (Å²) in [6.07, 6.45) is 2.19. The number of benzene rings is 1. The SMILES string of the molecule is O=C(NCc1ccc(F)cc1)C1CCc2n[nH]nc2C1. The van der Waals surface area contributed by atoms with Crippen LogP contribution in [-0.4, -0.2) is 21.3 Å². The van der Waals surface area contributed by atoms with Crippen molar-refractivity contribution in [1.82, 2.24) is 20.7 Å². The average Bonchev–Trinajstić information content (AvgIpc) is 2.93. The predicted molar refractivity (Wildman–Crippen MR) is 70.1 cm³/mol. The summed E-state index contributed by atoms with van der Waals surface area (Å²) in [6, 6.07) is 6.13. The molecule has 2 N–H and O–H groups in total. The van der Waals surface area contributed by atoms with Crippen LogP contribution in [0.15, 0.2) is 24.3 Å². The molecule has 1 aliphatic carbocycles. The maximum absolute atomic E-state index is 12.8. The van der Waals surface area contributed by atoms with E-state index in [0.717, 1.165) is 29.8 Å². The third-order valence-electron chi connectivity index (χ3n) is 3.62. The van der Waals surface area contributed by atoms with Crippen LogP contribution in [-0.2, 0) is 24.2 Å². The fourth-order valence-electron chi connectivity index (χ4n) is 2.44. The van der Waals surface area contributed by atoms with Gasteiger partial charge in [-0.25, -0.2) is 4.39 Å². The lowest BCUT2D eigenvalue weighted by molar-refractivity contribution is -0.125. The zero-order valence-corrected chi connectivity index (χ0v) is 10.9. The summed E-state index contributed by atoms with van der Waals surface area (Å²) in [5.41, 5.74) is 2.74. The highest BCUT2D eigenvalue weighted by molar-refractivity contribution is 5.79. The summed E-state index contributed by atoms with van der Waals surface area (Å²) >= 11 is 0. The van der Waals surface area contributed by atoms with Crippen molar-refractivity contribution in [1.29, 1.82) is 0 Å². The molecule has 1 aliphatic rings. The molecule has 0 fully saturated rings. The van der Waals surface area contributed by atoms with Gasteiger partial charge < -0.3 is 5.32 Å². The van der Waals surface area contributed by atoms with Gasteiger partial charge in [0.2, 0.25) is 5.91 Å². The molecule has 5 nitrogen and oxygen atoms in total. The molecule has 0 aliphatic heterocycles. The maximum atomic E-state index is 12.8. The Balaban J connectivity index is 1.56. The number of aromatic nitrogens is 3. The van der Waals surface area contributed by atoms with Crippen molar-refractivity contribution >= 4 is 5.91 Å². The number of hydrogen-bond acceptors (Lipinski definition) is 3. The molecule has 6 heteroatoms. The van der Waals surface area contributed by atoms with Gasteiger partial charge in [0.25, 0.3) is 0 Å². The monoisotopic (exact) mass is 274 g/mol. The van der Waals surface area contributed by atoms with E-state index in [1.54, 1.807) is 12.1 Å². The number of amides is 1. The van der Waals surface area contributed by atoms with Gasteiger partial charge in [-0.05, 0) is 30.5 Å². The second-order valence-electron chi connectivity index (χ2n) is 5.00. The van der Waals surface area contributed by atoms with Crippen molar-refractivity contribution in [2.75, 3.05) is 0 Å². The predicted octanol–water partition coefficient (Wildman–Crippen LogP) is 1.37. The number of nitrogens with zero attached hydrogens (tertiary/aromatic N) is 2. The Morgan fingerprint density at radius 1 is 1.30 bits per heavy atom. The third kappa shape index (κ3) is 2.68. The second-order valence-corrected chi connectivity index (χ2v) is 5.00. The minimum atomic E-state index is -0.272. The van der Waals surface area contributed by atoms with Gasteiger partial charge in [0.15, 0.2) is 0 Å². The van der Waals surface area contributed by atoms with Crippen LogP contribution < -0.4 is 5.32 Å². The first-order valence-corrected chi connectivity index (χ1v) is 6.63. The number of aryl methyl sites for hydroxylation is 1. The van der Waals surface area contributed by atoms with Crippen molar-refractivity contribution < 1.29 is 9.18 Å². The largest absolute Gasteiger partial charge is 0.352 e. The summed E-state index contributed by atoms with van der Waals surface area (Å²) in [5.74, 6) is -0.318. The van der Waals surface area contributed by atoms with E-state index in [9.17, 15) is 9.18 Å². The van der Waals surface area contributed by atoms with Crippen molar-refractivity contribution in [3.8, 4) is 0 Å². The molecule has 1 heterocycles. The minimum absolute atomic E-state index is 0.0166. The highest BCUT2D eigenvalue weighted by atomic mass is 19.1. The van der Waals surface area contributed by atoms with Crippen LogP contribution in [0.2, 0.25) is 0 Å². The third-order valence-corrected chi connectivity index (χ3v) is 3.62. The highest BCUT2D eigenvalue weighted by Gasteiger charge is 2.26. The fourth-order valence-corrected chi connectivity index (χ4v) is 2.44. The van der Waals surface area contributed by atoms with E-state index in [1.807, 2.05) is 0 Å².